The fourth-order valence-corrected chi connectivity index (χ4v) is 4.21. The Hall–Kier alpha value is -2.45. The minimum absolute atomic E-state index is 0.0168. The van der Waals surface area contributed by atoms with Gasteiger partial charge in [0.2, 0.25) is 0 Å². The maximum Gasteiger partial charge on any atom is 0.261 e. The van der Waals surface area contributed by atoms with E-state index >= 15 is 0 Å². The molecule has 0 fully saturated rings. The monoisotopic (exact) mass is 484 g/mol. The molecule has 0 aliphatic heterocycles. The Morgan fingerprint density at radius 1 is 0.967 bits per heavy atom. The number of carbonyl (C=O) groups excluding carboxylic acids is 1. The summed E-state index contributed by atoms with van der Waals surface area (Å²) in [6.45, 7) is 0. The van der Waals surface area contributed by atoms with E-state index in [0.717, 1.165) is 0 Å². The molecule has 1 amide bonds. The van der Waals surface area contributed by atoms with Gasteiger partial charge in [0.15, 0.2) is 0 Å². The second kappa shape index (κ2) is 9.14. The molecule has 0 saturated carbocycles. The molecule has 0 spiro atoms. The lowest BCUT2D eigenvalue weighted by atomic mass is 10.2. The van der Waals surface area contributed by atoms with Gasteiger partial charge >= 0.3 is 0 Å². The summed E-state index contributed by atoms with van der Waals surface area (Å²) in [6.07, 6.45) is 0. The largest absolute Gasteiger partial charge is 0.496 e. The van der Waals surface area contributed by atoms with E-state index in [0.29, 0.717) is 16.5 Å². The summed E-state index contributed by atoms with van der Waals surface area (Å²) in [4.78, 5) is 12.5. The van der Waals surface area contributed by atoms with Gasteiger partial charge in [0.1, 0.15) is 5.75 Å². The quantitative estimate of drug-likeness (QED) is 0.468. The molecule has 3 rings (SSSR count). The number of benzene rings is 3. The number of sulfonamides is 1. The van der Waals surface area contributed by atoms with Crippen LogP contribution in [0.15, 0.2) is 65.6 Å². The third-order valence-electron chi connectivity index (χ3n) is 4.02. The summed E-state index contributed by atoms with van der Waals surface area (Å²) in [5.74, 6) is -0.0903. The lowest BCUT2D eigenvalue weighted by Gasteiger charge is -2.12. The minimum atomic E-state index is -3.91. The Morgan fingerprint density at radius 3 is 2.33 bits per heavy atom. The molecule has 0 bridgehead atoms. The molecule has 156 valence electrons. The molecule has 3 aromatic rings. The Kier molecular flexibility index (Phi) is 6.77. The Morgan fingerprint density at radius 2 is 1.67 bits per heavy atom. The second-order valence-corrected chi connectivity index (χ2v) is 8.93. The maximum atomic E-state index is 12.6. The Bertz CT molecular complexity index is 1200. The first kappa shape index (κ1) is 22.2. The molecular formula is C20H15Cl3N2O4S. The van der Waals surface area contributed by atoms with E-state index in [4.69, 9.17) is 39.5 Å². The van der Waals surface area contributed by atoms with E-state index in [1.807, 2.05) is 0 Å². The van der Waals surface area contributed by atoms with Gasteiger partial charge in [0.25, 0.3) is 15.9 Å². The van der Waals surface area contributed by atoms with Gasteiger partial charge in [-0.05, 0) is 54.6 Å². The van der Waals surface area contributed by atoms with Crippen molar-refractivity contribution in [3.63, 3.8) is 0 Å². The lowest BCUT2D eigenvalue weighted by Crippen LogP contribution is -2.15. The zero-order chi connectivity index (χ0) is 21.9. The predicted octanol–water partition coefficient (Wildman–Crippen LogP) is 5.71. The molecule has 2 N–H and O–H groups in total. The average Bonchev–Trinajstić information content (AvgIpc) is 2.71. The third kappa shape index (κ3) is 4.99. The van der Waals surface area contributed by atoms with Gasteiger partial charge in [-0.25, -0.2) is 8.42 Å². The molecule has 0 aromatic heterocycles. The van der Waals surface area contributed by atoms with Crippen LogP contribution in [0.3, 0.4) is 0 Å². The molecule has 6 nitrogen and oxygen atoms in total. The number of hydrogen-bond donors (Lipinski definition) is 2. The van der Waals surface area contributed by atoms with Crippen LogP contribution in [0.4, 0.5) is 11.4 Å². The van der Waals surface area contributed by atoms with E-state index < -0.39 is 15.9 Å². The number of halogens is 3. The highest BCUT2D eigenvalue weighted by Gasteiger charge is 2.18. The van der Waals surface area contributed by atoms with Crippen molar-refractivity contribution in [2.24, 2.45) is 0 Å². The van der Waals surface area contributed by atoms with Crippen LogP contribution < -0.4 is 14.8 Å². The molecule has 30 heavy (non-hydrogen) atoms. The van der Waals surface area contributed by atoms with Crippen LogP contribution in [0.1, 0.15) is 10.4 Å². The number of amides is 1. The molecule has 0 radical (unpaired) electrons. The summed E-state index contributed by atoms with van der Waals surface area (Å²) in [5, 5.41) is 3.38. The van der Waals surface area contributed by atoms with E-state index in [1.165, 1.54) is 43.5 Å². The number of hydrogen-bond acceptors (Lipinski definition) is 4. The zero-order valence-electron chi connectivity index (χ0n) is 15.4. The van der Waals surface area contributed by atoms with Gasteiger partial charge in [0, 0.05) is 10.7 Å². The predicted molar refractivity (Wildman–Crippen MR) is 120 cm³/mol. The van der Waals surface area contributed by atoms with Crippen molar-refractivity contribution >= 4 is 62.1 Å². The van der Waals surface area contributed by atoms with E-state index in [9.17, 15) is 13.2 Å². The van der Waals surface area contributed by atoms with E-state index in [2.05, 4.69) is 10.0 Å². The number of ether oxygens (including phenoxy) is 1. The molecule has 3 aromatic carbocycles. The molecule has 10 heteroatoms. The van der Waals surface area contributed by atoms with E-state index in [1.54, 1.807) is 24.3 Å². The van der Waals surface area contributed by atoms with Gasteiger partial charge in [-0.15, -0.1) is 0 Å². The number of anilines is 2. The van der Waals surface area contributed by atoms with Crippen molar-refractivity contribution in [3.05, 3.63) is 81.3 Å². The van der Waals surface area contributed by atoms with Crippen LogP contribution in [0.2, 0.25) is 15.1 Å². The highest BCUT2D eigenvalue weighted by atomic mass is 35.5. The lowest BCUT2D eigenvalue weighted by molar-refractivity contribution is 0.102. The summed E-state index contributed by atoms with van der Waals surface area (Å²) < 4.78 is 32.8. The molecule has 0 saturated heterocycles. The molecule has 0 aliphatic rings. The number of carbonyl (C=O) groups is 1. The van der Waals surface area contributed by atoms with Crippen LogP contribution in [0.5, 0.6) is 5.75 Å². The first-order valence-corrected chi connectivity index (χ1v) is 11.0. The SMILES string of the molecule is COc1ccc(Cl)cc1C(=O)Nc1ccc(S(=O)(=O)Nc2cccc(Cl)c2Cl)cc1. The van der Waals surface area contributed by atoms with E-state index in [-0.39, 0.29) is 26.2 Å². The molecule has 0 atom stereocenters. The van der Waals surface area contributed by atoms with Crippen LogP contribution in [0.25, 0.3) is 0 Å². The highest BCUT2D eigenvalue weighted by molar-refractivity contribution is 7.92. The molecule has 0 unspecified atom stereocenters. The van der Waals surface area contributed by atoms with Crippen molar-refractivity contribution in [1.82, 2.24) is 0 Å². The number of methoxy groups -OCH3 is 1. The molecule has 0 heterocycles. The Labute approximate surface area is 188 Å². The van der Waals surface area contributed by atoms with Gasteiger partial charge in [-0.1, -0.05) is 40.9 Å². The van der Waals surface area contributed by atoms with Crippen molar-refractivity contribution < 1.29 is 17.9 Å². The Balaban J connectivity index is 1.78. The molecule has 0 aliphatic carbocycles. The van der Waals surface area contributed by atoms with Crippen LogP contribution in [-0.4, -0.2) is 21.4 Å². The highest BCUT2D eigenvalue weighted by Crippen LogP contribution is 2.31. The minimum Gasteiger partial charge on any atom is -0.496 e. The fraction of sp³-hybridized carbons (Fsp3) is 0.0500. The maximum absolute atomic E-state index is 12.6. The van der Waals surface area contributed by atoms with Gasteiger partial charge in [-0.2, -0.15) is 0 Å². The summed E-state index contributed by atoms with van der Waals surface area (Å²) in [7, 11) is -2.47. The van der Waals surface area contributed by atoms with Crippen LogP contribution >= 0.6 is 34.8 Å². The third-order valence-corrected chi connectivity index (χ3v) is 6.46. The smallest absolute Gasteiger partial charge is 0.261 e. The van der Waals surface area contributed by atoms with Gasteiger partial charge < -0.3 is 10.1 Å². The standard InChI is InChI=1S/C20H15Cl3N2O4S/c1-29-18-10-5-12(21)11-15(18)20(26)24-13-6-8-14(9-7-13)30(27,28)25-17-4-2-3-16(22)19(17)23/h2-11,25H,1H3,(H,24,26). The van der Waals surface area contributed by atoms with Gasteiger partial charge in [0.05, 0.1) is 33.3 Å². The fourth-order valence-electron chi connectivity index (χ4n) is 2.56. The summed E-state index contributed by atoms with van der Waals surface area (Å²) >= 11 is 17.9. The summed E-state index contributed by atoms with van der Waals surface area (Å²) in [5.41, 5.74) is 0.801. The number of nitrogens with one attached hydrogen (secondary N) is 2. The number of rotatable bonds is 6. The normalized spacial score (nSPS) is 11.1. The average molecular weight is 486 g/mol. The zero-order valence-corrected chi connectivity index (χ0v) is 18.5. The topological polar surface area (TPSA) is 84.5 Å². The summed E-state index contributed by atoms with van der Waals surface area (Å²) in [6, 6.07) is 14.9. The van der Waals surface area contributed by atoms with Crippen molar-refractivity contribution in [3.8, 4) is 5.75 Å². The van der Waals surface area contributed by atoms with Gasteiger partial charge in [-0.3, -0.25) is 9.52 Å². The van der Waals surface area contributed by atoms with Crippen LogP contribution in [0, 0.1) is 0 Å². The first-order valence-electron chi connectivity index (χ1n) is 8.43. The van der Waals surface area contributed by atoms with Crippen molar-refractivity contribution in [2.45, 2.75) is 4.90 Å². The second-order valence-electron chi connectivity index (χ2n) is 6.03. The molecular weight excluding hydrogens is 471 g/mol. The van der Waals surface area contributed by atoms with Crippen LogP contribution in [-0.2, 0) is 10.0 Å². The van der Waals surface area contributed by atoms with Crippen molar-refractivity contribution in [2.75, 3.05) is 17.1 Å². The van der Waals surface area contributed by atoms with Crippen molar-refractivity contribution in [1.29, 1.82) is 0 Å². The first-order chi connectivity index (χ1) is 14.2.